The molecule has 0 aliphatic heterocycles. The minimum atomic E-state index is -0.250. The van der Waals surface area contributed by atoms with Crippen LogP contribution in [0.15, 0.2) is 24.3 Å². The predicted octanol–water partition coefficient (Wildman–Crippen LogP) is 3.66. The van der Waals surface area contributed by atoms with Crippen LogP contribution in [0.2, 0.25) is 0 Å². The van der Waals surface area contributed by atoms with Crippen LogP contribution in [-0.2, 0) is 17.6 Å². The van der Waals surface area contributed by atoms with Gasteiger partial charge in [0.15, 0.2) is 0 Å². The van der Waals surface area contributed by atoms with Gasteiger partial charge in [0.25, 0.3) is 0 Å². The fourth-order valence-corrected chi connectivity index (χ4v) is 3.27. The minimum absolute atomic E-state index is 0.250. The Morgan fingerprint density at radius 3 is 2.10 bits per heavy atom. The first kappa shape index (κ1) is 15.2. The molecule has 1 aromatic rings. The van der Waals surface area contributed by atoms with E-state index in [1.165, 1.54) is 18.4 Å². The summed E-state index contributed by atoms with van der Waals surface area (Å²) in [6.45, 7) is 2.66. The molecule has 0 spiro atoms. The number of carbonyl (C=O) groups excluding carboxylic acids is 1. The van der Waals surface area contributed by atoms with Crippen molar-refractivity contribution in [2.24, 2.45) is 11.1 Å². The van der Waals surface area contributed by atoms with Crippen molar-refractivity contribution in [2.75, 3.05) is 6.54 Å². The SMILES string of the molecule is CCc1ccc(CC(=O)C2(CN)CCCCCC2)cc1. The van der Waals surface area contributed by atoms with Crippen molar-refractivity contribution >= 4 is 5.78 Å². The number of benzene rings is 1. The summed E-state index contributed by atoms with van der Waals surface area (Å²) in [7, 11) is 0. The summed E-state index contributed by atoms with van der Waals surface area (Å²) >= 11 is 0. The smallest absolute Gasteiger partial charge is 0.144 e. The van der Waals surface area contributed by atoms with Gasteiger partial charge >= 0.3 is 0 Å². The molecule has 0 aromatic heterocycles. The quantitative estimate of drug-likeness (QED) is 0.832. The second-order valence-electron chi connectivity index (χ2n) is 6.17. The molecule has 0 heterocycles. The molecule has 2 heteroatoms. The Hall–Kier alpha value is -1.15. The van der Waals surface area contributed by atoms with Crippen LogP contribution < -0.4 is 5.73 Å². The monoisotopic (exact) mass is 273 g/mol. The molecule has 110 valence electrons. The van der Waals surface area contributed by atoms with Crippen LogP contribution in [0.3, 0.4) is 0 Å². The van der Waals surface area contributed by atoms with Gasteiger partial charge in [-0.15, -0.1) is 0 Å². The summed E-state index contributed by atoms with van der Waals surface area (Å²) in [4.78, 5) is 12.7. The van der Waals surface area contributed by atoms with E-state index in [0.717, 1.165) is 37.7 Å². The molecule has 1 fully saturated rings. The Balaban J connectivity index is 2.07. The Morgan fingerprint density at radius 1 is 1.05 bits per heavy atom. The molecule has 1 saturated carbocycles. The number of aryl methyl sites for hydroxylation is 1. The molecular formula is C18H27NO. The summed E-state index contributed by atoms with van der Waals surface area (Å²) in [6, 6.07) is 8.45. The predicted molar refractivity (Wildman–Crippen MR) is 83.7 cm³/mol. The lowest BCUT2D eigenvalue weighted by Gasteiger charge is -2.29. The van der Waals surface area contributed by atoms with E-state index in [1.54, 1.807) is 0 Å². The number of carbonyl (C=O) groups is 1. The van der Waals surface area contributed by atoms with Gasteiger partial charge in [-0.05, 0) is 30.4 Å². The fraction of sp³-hybridized carbons (Fsp3) is 0.611. The summed E-state index contributed by atoms with van der Waals surface area (Å²) in [5, 5.41) is 0. The van der Waals surface area contributed by atoms with Crippen molar-refractivity contribution in [2.45, 2.75) is 58.3 Å². The zero-order valence-electron chi connectivity index (χ0n) is 12.7. The van der Waals surface area contributed by atoms with E-state index in [-0.39, 0.29) is 5.41 Å². The Morgan fingerprint density at radius 2 is 1.60 bits per heavy atom. The molecule has 2 N–H and O–H groups in total. The highest BCUT2D eigenvalue weighted by Gasteiger charge is 2.36. The van der Waals surface area contributed by atoms with Crippen LogP contribution in [0.5, 0.6) is 0 Å². The summed E-state index contributed by atoms with van der Waals surface area (Å²) in [5.74, 6) is 0.353. The summed E-state index contributed by atoms with van der Waals surface area (Å²) in [5.41, 5.74) is 8.19. The zero-order valence-corrected chi connectivity index (χ0v) is 12.7. The Labute approximate surface area is 122 Å². The third-order valence-corrected chi connectivity index (χ3v) is 4.84. The molecule has 0 amide bonds. The van der Waals surface area contributed by atoms with E-state index in [9.17, 15) is 4.79 Å². The minimum Gasteiger partial charge on any atom is -0.329 e. The van der Waals surface area contributed by atoms with Gasteiger partial charge in [0, 0.05) is 18.4 Å². The summed E-state index contributed by atoms with van der Waals surface area (Å²) in [6.07, 6.45) is 8.35. The fourth-order valence-electron chi connectivity index (χ4n) is 3.27. The molecule has 20 heavy (non-hydrogen) atoms. The molecule has 1 aliphatic rings. The van der Waals surface area contributed by atoms with Crippen LogP contribution in [0.4, 0.5) is 0 Å². The van der Waals surface area contributed by atoms with Crippen LogP contribution in [0, 0.1) is 5.41 Å². The number of ketones is 1. The van der Waals surface area contributed by atoms with E-state index in [4.69, 9.17) is 5.73 Å². The van der Waals surface area contributed by atoms with Crippen LogP contribution >= 0.6 is 0 Å². The van der Waals surface area contributed by atoms with Crippen LogP contribution in [0.1, 0.15) is 56.6 Å². The Bertz CT molecular complexity index is 427. The largest absolute Gasteiger partial charge is 0.329 e. The first-order valence-electron chi connectivity index (χ1n) is 8.01. The standard InChI is InChI=1S/C18H27NO/c1-2-15-7-9-16(10-8-15)13-17(20)18(14-19)11-5-3-4-6-12-18/h7-10H,2-6,11-14,19H2,1H3. The van der Waals surface area contributed by atoms with Crippen molar-refractivity contribution < 1.29 is 4.79 Å². The van der Waals surface area contributed by atoms with Crippen molar-refractivity contribution in [3.05, 3.63) is 35.4 Å². The third kappa shape index (κ3) is 3.49. The molecule has 0 atom stereocenters. The number of hydrogen-bond acceptors (Lipinski definition) is 2. The van der Waals surface area contributed by atoms with Crippen molar-refractivity contribution in [1.29, 1.82) is 0 Å². The molecule has 2 rings (SSSR count). The maximum Gasteiger partial charge on any atom is 0.144 e. The maximum absolute atomic E-state index is 12.7. The number of hydrogen-bond donors (Lipinski definition) is 1. The molecule has 1 aliphatic carbocycles. The van der Waals surface area contributed by atoms with E-state index < -0.39 is 0 Å². The van der Waals surface area contributed by atoms with Gasteiger partial charge in [-0.2, -0.15) is 0 Å². The lowest BCUT2D eigenvalue weighted by Crippen LogP contribution is -2.39. The normalized spacial score (nSPS) is 18.5. The third-order valence-electron chi connectivity index (χ3n) is 4.84. The average molecular weight is 273 g/mol. The molecular weight excluding hydrogens is 246 g/mol. The van der Waals surface area contributed by atoms with E-state index in [1.807, 2.05) is 0 Å². The first-order valence-corrected chi connectivity index (χ1v) is 8.01. The van der Waals surface area contributed by atoms with Gasteiger partial charge in [-0.3, -0.25) is 4.79 Å². The molecule has 0 unspecified atom stereocenters. The number of Topliss-reactive ketones (excluding diaryl/α,β-unsaturated/α-hetero) is 1. The average Bonchev–Trinajstić information content (AvgIpc) is 2.74. The van der Waals surface area contributed by atoms with Crippen molar-refractivity contribution in [3.8, 4) is 0 Å². The van der Waals surface area contributed by atoms with Gasteiger partial charge in [0.2, 0.25) is 0 Å². The number of nitrogens with two attached hydrogens (primary N) is 1. The van der Waals surface area contributed by atoms with E-state index >= 15 is 0 Å². The molecule has 1 aromatic carbocycles. The van der Waals surface area contributed by atoms with Gasteiger partial charge < -0.3 is 5.73 Å². The maximum atomic E-state index is 12.7. The van der Waals surface area contributed by atoms with Gasteiger partial charge in [0.1, 0.15) is 5.78 Å². The Kier molecular flexibility index (Phi) is 5.36. The zero-order chi connectivity index (χ0) is 14.4. The highest BCUT2D eigenvalue weighted by atomic mass is 16.1. The second kappa shape index (κ2) is 7.03. The molecule has 2 nitrogen and oxygen atoms in total. The number of rotatable bonds is 5. The topological polar surface area (TPSA) is 43.1 Å². The van der Waals surface area contributed by atoms with Crippen molar-refractivity contribution in [3.63, 3.8) is 0 Å². The van der Waals surface area contributed by atoms with E-state index in [0.29, 0.717) is 18.7 Å². The highest BCUT2D eigenvalue weighted by Crippen LogP contribution is 2.36. The molecule has 0 saturated heterocycles. The second-order valence-corrected chi connectivity index (χ2v) is 6.17. The van der Waals surface area contributed by atoms with Gasteiger partial charge in [-0.25, -0.2) is 0 Å². The van der Waals surface area contributed by atoms with Crippen LogP contribution in [-0.4, -0.2) is 12.3 Å². The highest BCUT2D eigenvalue weighted by molar-refractivity contribution is 5.87. The lowest BCUT2D eigenvalue weighted by atomic mass is 9.74. The summed E-state index contributed by atoms with van der Waals surface area (Å²) < 4.78 is 0. The van der Waals surface area contributed by atoms with Gasteiger partial charge in [-0.1, -0.05) is 56.9 Å². The first-order chi connectivity index (χ1) is 9.70. The van der Waals surface area contributed by atoms with Crippen molar-refractivity contribution in [1.82, 2.24) is 0 Å². The molecule has 0 radical (unpaired) electrons. The van der Waals surface area contributed by atoms with Crippen LogP contribution in [0.25, 0.3) is 0 Å². The lowest BCUT2D eigenvalue weighted by molar-refractivity contribution is -0.128. The van der Waals surface area contributed by atoms with E-state index in [2.05, 4.69) is 31.2 Å². The molecule has 0 bridgehead atoms. The van der Waals surface area contributed by atoms with Gasteiger partial charge in [0.05, 0.1) is 0 Å².